The molecule has 5 nitrogen and oxygen atoms in total. The number of carbonyl (C=O) groups excluding carboxylic acids is 1. The highest BCUT2D eigenvalue weighted by Gasteiger charge is 2.21. The van der Waals surface area contributed by atoms with E-state index in [0.29, 0.717) is 11.6 Å². The molecule has 1 aliphatic rings. The van der Waals surface area contributed by atoms with Crippen LogP contribution < -0.4 is 5.32 Å². The SMILES string of the molecule is CN(CC1CCC1)C(=O)Nc1ccc(Cl)c(C(=O)O)c1. The Kier molecular flexibility index (Phi) is 4.49. The van der Waals surface area contributed by atoms with Gasteiger partial charge in [-0.3, -0.25) is 0 Å². The van der Waals surface area contributed by atoms with Crippen LogP contribution in [0.4, 0.5) is 10.5 Å². The first-order chi connectivity index (χ1) is 9.47. The molecule has 108 valence electrons. The number of aromatic carboxylic acids is 1. The summed E-state index contributed by atoms with van der Waals surface area (Å²) in [6.07, 6.45) is 3.57. The Bertz CT molecular complexity index is 529. The summed E-state index contributed by atoms with van der Waals surface area (Å²) >= 11 is 5.78. The van der Waals surface area contributed by atoms with E-state index in [1.165, 1.54) is 31.4 Å². The number of benzene rings is 1. The van der Waals surface area contributed by atoms with Crippen molar-refractivity contribution in [1.82, 2.24) is 4.90 Å². The van der Waals surface area contributed by atoms with Crippen LogP contribution in [-0.4, -0.2) is 35.6 Å². The van der Waals surface area contributed by atoms with Crippen LogP contribution in [0.25, 0.3) is 0 Å². The lowest BCUT2D eigenvalue weighted by Gasteiger charge is -2.30. The number of nitrogens with zero attached hydrogens (tertiary/aromatic N) is 1. The predicted molar refractivity (Wildman–Crippen MR) is 77.4 cm³/mol. The van der Waals surface area contributed by atoms with Gasteiger partial charge in [0.2, 0.25) is 0 Å². The van der Waals surface area contributed by atoms with Gasteiger partial charge < -0.3 is 15.3 Å². The van der Waals surface area contributed by atoms with Gasteiger partial charge in [-0.1, -0.05) is 18.0 Å². The highest BCUT2D eigenvalue weighted by Crippen LogP contribution is 2.27. The Morgan fingerprint density at radius 2 is 2.15 bits per heavy atom. The van der Waals surface area contributed by atoms with Gasteiger partial charge in [-0.2, -0.15) is 0 Å². The molecule has 2 N–H and O–H groups in total. The third-order valence-electron chi connectivity index (χ3n) is 3.55. The predicted octanol–water partition coefficient (Wildman–Crippen LogP) is 3.30. The van der Waals surface area contributed by atoms with Gasteiger partial charge >= 0.3 is 12.0 Å². The molecule has 1 aromatic carbocycles. The molecule has 6 heteroatoms. The summed E-state index contributed by atoms with van der Waals surface area (Å²) in [5, 5.41) is 11.8. The van der Waals surface area contributed by atoms with E-state index in [-0.39, 0.29) is 16.6 Å². The second kappa shape index (κ2) is 6.13. The first-order valence-corrected chi connectivity index (χ1v) is 6.90. The zero-order valence-corrected chi connectivity index (χ0v) is 12.0. The zero-order chi connectivity index (χ0) is 14.7. The van der Waals surface area contributed by atoms with Crippen LogP contribution in [0.5, 0.6) is 0 Å². The lowest BCUT2D eigenvalue weighted by atomic mass is 9.85. The summed E-state index contributed by atoms with van der Waals surface area (Å²) in [5.74, 6) is -0.528. The van der Waals surface area contributed by atoms with Crippen LogP contribution in [-0.2, 0) is 0 Å². The highest BCUT2D eigenvalue weighted by atomic mass is 35.5. The Balaban J connectivity index is 1.99. The zero-order valence-electron chi connectivity index (χ0n) is 11.2. The summed E-state index contributed by atoms with van der Waals surface area (Å²) in [4.78, 5) is 24.6. The van der Waals surface area contributed by atoms with Gasteiger partial charge in [0.15, 0.2) is 0 Å². The molecule has 0 atom stereocenters. The van der Waals surface area contributed by atoms with Crippen LogP contribution >= 0.6 is 11.6 Å². The van der Waals surface area contributed by atoms with E-state index in [1.54, 1.807) is 18.0 Å². The van der Waals surface area contributed by atoms with Crippen LogP contribution in [0.15, 0.2) is 18.2 Å². The number of hydrogen-bond acceptors (Lipinski definition) is 2. The van der Waals surface area contributed by atoms with Crippen molar-refractivity contribution in [2.24, 2.45) is 5.92 Å². The molecule has 1 aromatic rings. The quantitative estimate of drug-likeness (QED) is 0.895. The molecule has 0 heterocycles. The largest absolute Gasteiger partial charge is 0.478 e. The maximum absolute atomic E-state index is 12.0. The second-order valence-corrected chi connectivity index (χ2v) is 5.51. The van der Waals surface area contributed by atoms with Gasteiger partial charge in [-0.05, 0) is 37.0 Å². The van der Waals surface area contributed by atoms with Gasteiger partial charge in [0, 0.05) is 19.3 Å². The van der Waals surface area contributed by atoms with Crippen molar-refractivity contribution in [3.05, 3.63) is 28.8 Å². The maximum Gasteiger partial charge on any atom is 0.337 e. The molecule has 1 fully saturated rings. The monoisotopic (exact) mass is 296 g/mol. The number of halogens is 1. The van der Waals surface area contributed by atoms with Crippen molar-refractivity contribution in [2.45, 2.75) is 19.3 Å². The Morgan fingerprint density at radius 3 is 2.70 bits per heavy atom. The standard InChI is InChI=1S/C14H17ClN2O3/c1-17(8-9-3-2-4-9)14(20)16-10-5-6-12(15)11(7-10)13(18)19/h5-7,9H,2-4,8H2,1H3,(H,16,20)(H,18,19). The second-order valence-electron chi connectivity index (χ2n) is 5.11. The van der Waals surface area contributed by atoms with Crippen LogP contribution in [0.3, 0.4) is 0 Å². The van der Waals surface area contributed by atoms with Gasteiger partial charge in [0.05, 0.1) is 10.6 Å². The van der Waals surface area contributed by atoms with Crippen molar-refractivity contribution in [1.29, 1.82) is 0 Å². The Morgan fingerprint density at radius 1 is 1.45 bits per heavy atom. The Hall–Kier alpha value is -1.75. The number of urea groups is 1. The number of nitrogens with one attached hydrogen (secondary N) is 1. The van der Waals surface area contributed by atoms with Gasteiger partial charge in [0.25, 0.3) is 0 Å². The van der Waals surface area contributed by atoms with E-state index in [1.807, 2.05) is 0 Å². The number of hydrogen-bond donors (Lipinski definition) is 2. The van der Waals surface area contributed by atoms with E-state index in [9.17, 15) is 9.59 Å². The lowest BCUT2D eigenvalue weighted by molar-refractivity contribution is 0.0697. The summed E-state index contributed by atoms with van der Waals surface area (Å²) in [6, 6.07) is 4.17. The fraction of sp³-hybridized carbons (Fsp3) is 0.429. The Labute approximate surface area is 122 Å². The van der Waals surface area contributed by atoms with Crippen LogP contribution in [0, 0.1) is 5.92 Å². The van der Waals surface area contributed by atoms with Crippen LogP contribution in [0.2, 0.25) is 5.02 Å². The number of carbonyl (C=O) groups is 2. The normalized spacial score (nSPS) is 14.5. The van der Waals surface area contributed by atoms with Crippen molar-refractivity contribution in [2.75, 3.05) is 18.9 Å². The molecule has 1 aliphatic carbocycles. The molecule has 20 heavy (non-hydrogen) atoms. The van der Waals surface area contributed by atoms with Crippen molar-refractivity contribution in [3.63, 3.8) is 0 Å². The van der Waals surface area contributed by atoms with E-state index >= 15 is 0 Å². The van der Waals surface area contributed by atoms with Crippen molar-refractivity contribution < 1.29 is 14.7 Å². The van der Waals surface area contributed by atoms with E-state index in [0.717, 1.165) is 6.54 Å². The minimum Gasteiger partial charge on any atom is -0.478 e. The molecule has 0 spiro atoms. The average Bonchev–Trinajstić information content (AvgIpc) is 2.35. The van der Waals surface area contributed by atoms with E-state index in [2.05, 4.69) is 5.32 Å². The molecule has 0 unspecified atom stereocenters. The van der Waals surface area contributed by atoms with E-state index in [4.69, 9.17) is 16.7 Å². The molecular formula is C14H17ClN2O3. The molecule has 2 amide bonds. The molecule has 0 saturated heterocycles. The van der Waals surface area contributed by atoms with Crippen molar-refractivity contribution >= 4 is 29.3 Å². The fourth-order valence-electron chi connectivity index (χ4n) is 2.13. The summed E-state index contributed by atoms with van der Waals surface area (Å²) < 4.78 is 0. The first kappa shape index (κ1) is 14.7. The molecule has 1 saturated carbocycles. The summed E-state index contributed by atoms with van der Waals surface area (Å²) in [6.45, 7) is 0.727. The minimum atomic E-state index is -1.12. The van der Waals surface area contributed by atoms with Crippen molar-refractivity contribution in [3.8, 4) is 0 Å². The topological polar surface area (TPSA) is 69.6 Å². The number of carboxylic acids is 1. The number of amides is 2. The smallest absolute Gasteiger partial charge is 0.337 e. The van der Waals surface area contributed by atoms with Crippen LogP contribution in [0.1, 0.15) is 29.6 Å². The minimum absolute atomic E-state index is 0.0221. The first-order valence-electron chi connectivity index (χ1n) is 6.52. The summed E-state index contributed by atoms with van der Waals surface area (Å²) in [7, 11) is 1.74. The fourth-order valence-corrected chi connectivity index (χ4v) is 2.33. The molecule has 0 bridgehead atoms. The molecule has 0 aromatic heterocycles. The number of anilines is 1. The third-order valence-corrected chi connectivity index (χ3v) is 3.88. The molecular weight excluding hydrogens is 280 g/mol. The molecule has 0 radical (unpaired) electrons. The number of carboxylic acid groups (broad SMARTS) is 1. The van der Waals surface area contributed by atoms with E-state index < -0.39 is 5.97 Å². The van der Waals surface area contributed by atoms with Gasteiger partial charge in [-0.25, -0.2) is 9.59 Å². The van der Waals surface area contributed by atoms with Gasteiger partial charge in [-0.15, -0.1) is 0 Å². The summed E-state index contributed by atoms with van der Waals surface area (Å²) in [5.41, 5.74) is 0.406. The lowest BCUT2D eigenvalue weighted by Crippen LogP contribution is -2.37. The maximum atomic E-state index is 12.0. The van der Waals surface area contributed by atoms with Gasteiger partial charge in [0.1, 0.15) is 0 Å². The number of rotatable bonds is 4. The molecule has 0 aliphatic heterocycles. The highest BCUT2D eigenvalue weighted by molar-refractivity contribution is 6.33. The third kappa shape index (κ3) is 3.42. The molecule has 2 rings (SSSR count). The average molecular weight is 297 g/mol.